The predicted molar refractivity (Wildman–Crippen MR) is 134 cm³/mol. The third-order valence-electron chi connectivity index (χ3n) is 4.36. The van der Waals surface area contributed by atoms with Crippen molar-refractivity contribution in [3.8, 4) is 5.75 Å². The van der Waals surface area contributed by atoms with E-state index in [9.17, 15) is 9.59 Å². The van der Waals surface area contributed by atoms with Crippen LogP contribution >= 0.6 is 35.0 Å². The van der Waals surface area contributed by atoms with Crippen LogP contribution in [-0.2, 0) is 9.59 Å². The van der Waals surface area contributed by atoms with E-state index in [1.807, 2.05) is 0 Å². The molecule has 1 aliphatic rings. The molecule has 9 heteroatoms. The van der Waals surface area contributed by atoms with Crippen LogP contribution in [0.4, 0.5) is 11.4 Å². The minimum atomic E-state index is -0.296. The lowest BCUT2D eigenvalue weighted by Crippen LogP contribution is -2.20. The molecule has 0 radical (unpaired) electrons. The highest BCUT2D eigenvalue weighted by Crippen LogP contribution is 2.29. The smallest absolute Gasteiger partial charge is 0.264 e. The molecule has 3 aromatic carbocycles. The van der Waals surface area contributed by atoms with Gasteiger partial charge in [0.05, 0.1) is 10.6 Å². The van der Waals surface area contributed by atoms with E-state index in [0.717, 1.165) is 5.56 Å². The lowest BCUT2D eigenvalue weighted by Gasteiger charge is -2.08. The third kappa shape index (κ3) is 6.61. The maximum atomic E-state index is 12.3. The van der Waals surface area contributed by atoms with E-state index in [2.05, 4.69) is 15.6 Å². The monoisotopic (exact) mass is 497 g/mol. The van der Waals surface area contributed by atoms with Crippen molar-refractivity contribution in [2.24, 2.45) is 4.99 Å². The number of halogens is 2. The second-order valence-electron chi connectivity index (χ2n) is 6.87. The average Bonchev–Trinajstić information content (AvgIpc) is 3.13. The van der Waals surface area contributed by atoms with Crippen LogP contribution in [0.15, 0.2) is 82.7 Å². The number of hydrogen-bond donors (Lipinski definition) is 2. The molecule has 0 bridgehead atoms. The van der Waals surface area contributed by atoms with Crippen LogP contribution in [-0.4, -0.2) is 23.6 Å². The molecule has 0 saturated carbocycles. The Morgan fingerprint density at radius 2 is 1.79 bits per heavy atom. The summed E-state index contributed by atoms with van der Waals surface area (Å²) < 4.78 is 5.53. The van der Waals surface area contributed by atoms with E-state index in [-0.39, 0.29) is 18.4 Å². The topological polar surface area (TPSA) is 79.8 Å². The van der Waals surface area contributed by atoms with Crippen molar-refractivity contribution in [1.82, 2.24) is 5.32 Å². The fourth-order valence-electron chi connectivity index (χ4n) is 2.84. The van der Waals surface area contributed by atoms with Gasteiger partial charge in [0, 0.05) is 15.7 Å². The van der Waals surface area contributed by atoms with Gasteiger partial charge >= 0.3 is 0 Å². The number of thioether (sulfide) groups is 1. The number of anilines is 1. The first-order valence-electron chi connectivity index (χ1n) is 9.78. The Morgan fingerprint density at radius 1 is 1.03 bits per heavy atom. The van der Waals surface area contributed by atoms with Gasteiger partial charge in [-0.05, 0) is 78.0 Å². The molecular weight excluding hydrogens is 481 g/mol. The van der Waals surface area contributed by atoms with E-state index in [1.165, 1.54) is 11.8 Å². The molecule has 0 unspecified atom stereocenters. The Balaban J connectivity index is 1.33. The standard InChI is InChI=1S/C24H17Cl2N3O3S/c25-16-6-8-18(9-7-16)28-24-29-23(31)21(33-24)12-15-4-10-20(11-5-15)32-14-22(30)27-19-3-1-2-17(26)13-19/h1-13H,14H2,(H,27,30)(H,28,29,31)/b21-12-. The first-order valence-corrected chi connectivity index (χ1v) is 11.4. The Morgan fingerprint density at radius 3 is 2.52 bits per heavy atom. The van der Waals surface area contributed by atoms with Crippen LogP contribution in [0.2, 0.25) is 10.0 Å². The molecule has 166 valence electrons. The number of carbonyl (C=O) groups excluding carboxylic acids is 2. The van der Waals surface area contributed by atoms with Crippen LogP contribution in [0, 0.1) is 0 Å². The van der Waals surface area contributed by atoms with Crippen LogP contribution in [0.1, 0.15) is 5.56 Å². The van der Waals surface area contributed by atoms with Crippen molar-refractivity contribution in [2.45, 2.75) is 0 Å². The molecule has 2 amide bonds. The number of amidine groups is 1. The Bertz CT molecular complexity index is 1240. The van der Waals surface area contributed by atoms with E-state index >= 15 is 0 Å². The number of nitrogens with one attached hydrogen (secondary N) is 2. The van der Waals surface area contributed by atoms with Crippen LogP contribution < -0.4 is 15.4 Å². The number of carbonyl (C=O) groups is 2. The van der Waals surface area contributed by atoms with Gasteiger partial charge in [-0.15, -0.1) is 0 Å². The summed E-state index contributed by atoms with van der Waals surface area (Å²) in [6.07, 6.45) is 1.76. The fourth-order valence-corrected chi connectivity index (χ4v) is 4.00. The maximum absolute atomic E-state index is 12.3. The zero-order valence-electron chi connectivity index (χ0n) is 17.0. The van der Waals surface area contributed by atoms with Gasteiger partial charge in [0.15, 0.2) is 11.8 Å². The Labute approximate surface area is 204 Å². The highest BCUT2D eigenvalue weighted by molar-refractivity contribution is 8.18. The summed E-state index contributed by atoms with van der Waals surface area (Å²) in [6, 6.07) is 21.0. The van der Waals surface area contributed by atoms with Crippen molar-refractivity contribution >= 4 is 69.4 Å². The Hall–Kier alpha value is -3.26. The highest BCUT2D eigenvalue weighted by atomic mass is 35.5. The second-order valence-corrected chi connectivity index (χ2v) is 8.78. The Kier molecular flexibility index (Phi) is 7.34. The van der Waals surface area contributed by atoms with Crippen molar-refractivity contribution in [1.29, 1.82) is 0 Å². The van der Waals surface area contributed by atoms with Gasteiger partial charge in [0.1, 0.15) is 5.75 Å². The molecule has 0 atom stereocenters. The van der Waals surface area contributed by atoms with E-state index in [1.54, 1.807) is 78.9 Å². The van der Waals surface area contributed by atoms with Crippen molar-refractivity contribution < 1.29 is 14.3 Å². The molecule has 0 aliphatic carbocycles. The number of nitrogens with zero attached hydrogens (tertiary/aromatic N) is 1. The van der Waals surface area contributed by atoms with Gasteiger partial charge in [0.25, 0.3) is 11.8 Å². The molecule has 1 aliphatic heterocycles. The van der Waals surface area contributed by atoms with Crippen molar-refractivity contribution in [2.75, 3.05) is 11.9 Å². The molecule has 1 heterocycles. The molecule has 0 spiro atoms. The molecule has 0 aromatic heterocycles. The largest absolute Gasteiger partial charge is 0.484 e. The molecule has 3 aromatic rings. The molecule has 4 rings (SSSR count). The van der Waals surface area contributed by atoms with Crippen LogP contribution in [0.3, 0.4) is 0 Å². The summed E-state index contributed by atoms with van der Waals surface area (Å²) in [4.78, 5) is 29.3. The molecule has 1 fully saturated rings. The van der Waals surface area contributed by atoms with Gasteiger partial charge < -0.3 is 15.4 Å². The quantitative estimate of drug-likeness (QED) is 0.415. The molecule has 1 saturated heterocycles. The minimum Gasteiger partial charge on any atom is -0.484 e. The zero-order valence-corrected chi connectivity index (χ0v) is 19.4. The normalized spacial score (nSPS) is 15.5. The summed E-state index contributed by atoms with van der Waals surface area (Å²) >= 11 is 13.1. The summed E-state index contributed by atoms with van der Waals surface area (Å²) in [5.74, 6) is 0.0210. The highest BCUT2D eigenvalue weighted by Gasteiger charge is 2.23. The van der Waals surface area contributed by atoms with Crippen molar-refractivity contribution in [3.05, 3.63) is 93.3 Å². The molecule has 2 N–H and O–H groups in total. The SMILES string of the molecule is O=C(COc1ccc(/C=C2\SC(=Nc3ccc(Cl)cc3)NC2=O)cc1)Nc1cccc(Cl)c1. The molecule has 33 heavy (non-hydrogen) atoms. The third-order valence-corrected chi connectivity index (χ3v) is 5.76. The number of rotatable bonds is 6. The summed E-state index contributed by atoms with van der Waals surface area (Å²) in [6.45, 7) is -0.143. The number of hydrogen-bond acceptors (Lipinski definition) is 5. The lowest BCUT2D eigenvalue weighted by atomic mass is 10.2. The van der Waals surface area contributed by atoms with Gasteiger partial charge in [-0.1, -0.05) is 41.4 Å². The van der Waals surface area contributed by atoms with E-state index < -0.39 is 0 Å². The second kappa shape index (κ2) is 10.6. The molecule has 6 nitrogen and oxygen atoms in total. The summed E-state index contributed by atoms with van der Waals surface area (Å²) in [7, 11) is 0. The average molecular weight is 498 g/mol. The van der Waals surface area contributed by atoms with Gasteiger partial charge in [-0.25, -0.2) is 4.99 Å². The van der Waals surface area contributed by atoms with E-state index in [0.29, 0.717) is 37.2 Å². The summed E-state index contributed by atoms with van der Waals surface area (Å²) in [5, 5.41) is 7.13. The van der Waals surface area contributed by atoms with Crippen LogP contribution in [0.5, 0.6) is 5.75 Å². The minimum absolute atomic E-state index is 0.143. The lowest BCUT2D eigenvalue weighted by molar-refractivity contribution is -0.118. The van der Waals surface area contributed by atoms with Crippen LogP contribution in [0.25, 0.3) is 6.08 Å². The van der Waals surface area contributed by atoms with Gasteiger partial charge in [-0.3, -0.25) is 9.59 Å². The first-order chi connectivity index (χ1) is 15.9. The number of benzene rings is 3. The van der Waals surface area contributed by atoms with E-state index in [4.69, 9.17) is 27.9 Å². The molecular formula is C24H17Cl2N3O3S. The number of ether oxygens (including phenoxy) is 1. The number of aliphatic imine (C=N–C) groups is 1. The van der Waals surface area contributed by atoms with Gasteiger partial charge in [-0.2, -0.15) is 0 Å². The fraction of sp³-hybridized carbons (Fsp3) is 0.0417. The zero-order chi connectivity index (χ0) is 23.2. The first kappa shape index (κ1) is 22.9. The summed E-state index contributed by atoms with van der Waals surface area (Å²) in [5.41, 5.74) is 2.12. The number of amides is 2. The predicted octanol–water partition coefficient (Wildman–Crippen LogP) is 5.90. The van der Waals surface area contributed by atoms with Crippen molar-refractivity contribution in [3.63, 3.8) is 0 Å². The maximum Gasteiger partial charge on any atom is 0.264 e. The van der Waals surface area contributed by atoms with Gasteiger partial charge in [0.2, 0.25) is 0 Å².